The van der Waals surface area contributed by atoms with Crippen LogP contribution < -0.4 is 9.47 Å². The maximum atomic E-state index is 10.7. The summed E-state index contributed by atoms with van der Waals surface area (Å²) in [6.45, 7) is 2.12. The summed E-state index contributed by atoms with van der Waals surface area (Å²) in [7, 11) is 3.18. The van der Waals surface area contributed by atoms with Crippen LogP contribution in [0.15, 0.2) is 12.1 Å². The molecule has 0 aliphatic rings. The average Bonchev–Trinajstić information content (AvgIpc) is 2.35. The van der Waals surface area contributed by atoms with Crippen molar-refractivity contribution >= 4 is 5.97 Å². The quantitative estimate of drug-likeness (QED) is 0.810. The Morgan fingerprint density at radius 2 is 1.78 bits per heavy atom. The highest BCUT2D eigenvalue weighted by atomic mass is 16.5. The normalized spacial score (nSPS) is 10.2. The molecule has 0 heterocycles. The van der Waals surface area contributed by atoms with Gasteiger partial charge in [-0.2, -0.15) is 0 Å². The minimum Gasteiger partial charge on any atom is -0.496 e. The molecule has 4 nitrogen and oxygen atoms in total. The van der Waals surface area contributed by atoms with Gasteiger partial charge in [-0.1, -0.05) is 13.3 Å². The van der Waals surface area contributed by atoms with E-state index in [0.717, 1.165) is 24.8 Å². The first-order valence-corrected chi connectivity index (χ1v) is 6.07. The van der Waals surface area contributed by atoms with E-state index in [1.807, 2.05) is 0 Å². The van der Waals surface area contributed by atoms with Crippen LogP contribution in [0, 0.1) is 0 Å². The molecule has 0 amide bonds. The van der Waals surface area contributed by atoms with E-state index in [2.05, 4.69) is 6.92 Å². The van der Waals surface area contributed by atoms with Crippen LogP contribution in [0.2, 0.25) is 0 Å². The Morgan fingerprint density at radius 3 is 2.17 bits per heavy atom. The highest BCUT2D eigenvalue weighted by molar-refractivity contribution is 5.71. The number of carboxylic acids is 1. The fraction of sp³-hybridized carbons (Fsp3) is 0.500. The van der Waals surface area contributed by atoms with Gasteiger partial charge >= 0.3 is 5.97 Å². The number of aliphatic carboxylic acids is 1. The van der Waals surface area contributed by atoms with E-state index < -0.39 is 5.97 Å². The third-order valence-electron chi connectivity index (χ3n) is 2.80. The van der Waals surface area contributed by atoms with E-state index in [1.165, 1.54) is 0 Å². The van der Waals surface area contributed by atoms with E-state index in [0.29, 0.717) is 17.1 Å². The molecular formula is C14H20O4. The van der Waals surface area contributed by atoms with Crippen LogP contribution in [0.3, 0.4) is 0 Å². The zero-order chi connectivity index (χ0) is 13.5. The van der Waals surface area contributed by atoms with Crippen LogP contribution in [0.25, 0.3) is 0 Å². The van der Waals surface area contributed by atoms with Gasteiger partial charge in [-0.3, -0.25) is 4.79 Å². The summed E-state index contributed by atoms with van der Waals surface area (Å²) in [6, 6.07) is 3.56. The first-order chi connectivity index (χ1) is 8.62. The monoisotopic (exact) mass is 252 g/mol. The SMILES string of the molecule is CCCCc1c(OC)cc(CC(=O)O)cc1OC. The van der Waals surface area contributed by atoms with Crippen molar-refractivity contribution in [1.29, 1.82) is 0 Å². The number of methoxy groups -OCH3 is 2. The summed E-state index contributed by atoms with van der Waals surface area (Å²) in [6.07, 6.45) is 2.98. The van der Waals surface area contributed by atoms with E-state index in [4.69, 9.17) is 14.6 Å². The second-order valence-corrected chi connectivity index (χ2v) is 4.15. The second kappa shape index (κ2) is 6.89. The molecule has 4 heteroatoms. The van der Waals surface area contributed by atoms with Gasteiger partial charge in [0.1, 0.15) is 11.5 Å². The maximum Gasteiger partial charge on any atom is 0.307 e. The molecule has 0 radical (unpaired) electrons. The van der Waals surface area contributed by atoms with Gasteiger partial charge in [-0.25, -0.2) is 0 Å². The molecule has 0 fully saturated rings. The van der Waals surface area contributed by atoms with Crippen molar-refractivity contribution in [2.24, 2.45) is 0 Å². The molecule has 0 aromatic heterocycles. The molecule has 1 N–H and O–H groups in total. The van der Waals surface area contributed by atoms with E-state index in [9.17, 15) is 4.79 Å². The topological polar surface area (TPSA) is 55.8 Å². The van der Waals surface area contributed by atoms with Crippen LogP contribution in [-0.2, 0) is 17.6 Å². The number of unbranched alkanes of at least 4 members (excludes halogenated alkanes) is 1. The van der Waals surface area contributed by atoms with Gasteiger partial charge in [0, 0.05) is 5.56 Å². The Bertz CT molecular complexity index is 387. The molecule has 18 heavy (non-hydrogen) atoms. The molecule has 0 unspecified atom stereocenters. The Hall–Kier alpha value is -1.71. The lowest BCUT2D eigenvalue weighted by atomic mass is 10.0. The third-order valence-corrected chi connectivity index (χ3v) is 2.80. The van der Waals surface area contributed by atoms with Gasteiger partial charge in [0.2, 0.25) is 0 Å². The van der Waals surface area contributed by atoms with Gasteiger partial charge in [0.25, 0.3) is 0 Å². The lowest BCUT2D eigenvalue weighted by Gasteiger charge is -2.14. The average molecular weight is 252 g/mol. The van der Waals surface area contributed by atoms with Crippen molar-refractivity contribution < 1.29 is 19.4 Å². The zero-order valence-electron chi connectivity index (χ0n) is 11.2. The third kappa shape index (κ3) is 3.65. The molecule has 1 rings (SSSR count). The summed E-state index contributed by atoms with van der Waals surface area (Å²) >= 11 is 0. The molecule has 0 atom stereocenters. The highest BCUT2D eigenvalue weighted by Crippen LogP contribution is 2.32. The standard InChI is InChI=1S/C14H20O4/c1-4-5-6-11-12(17-2)7-10(9-14(15)16)8-13(11)18-3/h7-8H,4-6,9H2,1-3H3,(H,15,16). The minimum atomic E-state index is -0.861. The number of hydrogen-bond donors (Lipinski definition) is 1. The Balaban J connectivity index is 3.11. The Morgan fingerprint density at radius 1 is 1.22 bits per heavy atom. The predicted octanol–water partition coefficient (Wildman–Crippen LogP) is 2.67. The molecule has 0 saturated carbocycles. The lowest BCUT2D eigenvalue weighted by molar-refractivity contribution is -0.136. The number of rotatable bonds is 7. The molecule has 0 bridgehead atoms. The summed E-state index contributed by atoms with van der Waals surface area (Å²) in [5.41, 5.74) is 1.70. The second-order valence-electron chi connectivity index (χ2n) is 4.15. The molecule has 0 aliphatic carbocycles. The van der Waals surface area contributed by atoms with Crippen molar-refractivity contribution in [2.45, 2.75) is 32.6 Å². The van der Waals surface area contributed by atoms with Gasteiger partial charge in [-0.05, 0) is 30.5 Å². The van der Waals surface area contributed by atoms with Gasteiger partial charge < -0.3 is 14.6 Å². The summed E-state index contributed by atoms with van der Waals surface area (Å²) in [4.78, 5) is 10.7. The Kier molecular flexibility index (Phi) is 5.49. The largest absolute Gasteiger partial charge is 0.496 e. The van der Waals surface area contributed by atoms with Crippen LogP contribution in [0.1, 0.15) is 30.9 Å². The van der Waals surface area contributed by atoms with Gasteiger partial charge in [0.15, 0.2) is 0 Å². The molecule has 0 saturated heterocycles. The minimum absolute atomic E-state index is 0.0270. The first kappa shape index (κ1) is 14.4. The highest BCUT2D eigenvalue weighted by Gasteiger charge is 2.13. The molecule has 1 aromatic rings. The summed E-state index contributed by atoms with van der Waals surface area (Å²) in [5, 5.41) is 8.82. The fourth-order valence-electron chi connectivity index (χ4n) is 1.91. The maximum absolute atomic E-state index is 10.7. The fourth-order valence-corrected chi connectivity index (χ4v) is 1.91. The first-order valence-electron chi connectivity index (χ1n) is 6.07. The molecule has 0 spiro atoms. The van der Waals surface area contributed by atoms with Gasteiger partial charge in [0.05, 0.1) is 20.6 Å². The van der Waals surface area contributed by atoms with Crippen molar-refractivity contribution in [2.75, 3.05) is 14.2 Å². The number of hydrogen-bond acceptors (Lipinski definition) is 3. The van der Waals surface area contributed by atoms with Crippen molar-refractivity contribution in [3.8, 4) is 11.5 Å². The molecule has 0 aliphatic heterocycles. The number of carboxylic acid groups (broad SMARTS) is 1. The van der Waals surface area contributed by atoms with Crippen LogP contribution in [-0.4, -0.2) is 25.3 Å². The predicted molar refractivity (Wildman–Crippen MR) is 69.5 cm³/mol. The van der Waals surface area contributed by atoms with Crippen LogP contribution in [0.5, 0.6) is 11.5 Å². The summed E-state index contributed by atoms with van der Waals surface area (Å²) < 4.78 is 10.7. The van der Waals surface area contributed by atoms with Crippen molar-refractivity contribution in [3.05, 3.63) is 23.3 Å². The number of ether oxygens (including phenoxy) is 2. The van der Waals surface area contributed by atoms with E-state index in [1.54, 1.807) is 26.4 Å². The summed E-state index contributed by atoms with van der Waals surface area (Å²) in [5.74, 6) is 0.554. The van der Waals surface area contributed by atoms with Crippen LogP contribution in [0.4, 0.5) is 0 Å². The van der Waals surface area contributed by atoms with E-state index >= 15 is 0 Å². The Labute approximate surface area is 108 Å². The van der Waals surface area contributed by atoms with Crippen LogP contribution >= 0.6 is 0 Å². The zero-order valence-corrected chi connectivity index (χ0v) is 11.2. The van der Waals surface area contributed by atoms with Gasteiger partial charge in [-0.15, -0.1) is 0 Å². The van der Waals surface area contributed by atoms with Crippen molar-refractivity contribution in [1.82, 2.24) is 0 Å². The lowest BCUT2D eigenvalue weighted by Crippen LogP contribution is -2.03. The number of carbonyl (C=O) groups is 1. The molecule has 100 valence electrons. The molecular weight excluding hydrogens is 232 g/mol. The molecule has 1 aromatic carbocycles. The van der Waals surface area contributed by atoms with E-state index in [-0.39, 0.29) is 6.42 Å². The van der Waals surface area contributed by atoms with Crippen molar-refractivity contribution in [3.63, 3.8) is 0 Å². The number of benzene rings is 1. The smallest absolute Gasteiger partial charge is 0.307 e.